The molecule has 0 spiro atoms. The molecule has 2 aromatic heterocycles. The molecule has 3 aromatic rings. The number of piperidine rings is 1. The zero-order valence-corrected chi connectivity index (χ0v) is 18.4. The third kappa shape index (κ3) is 4.18. The quantitative estimate of drug-likeness (QED) is 0.689. The minimum absolute atomic E-state index is 0.0773. The van der Waals surface area contributed by atoms with Gasteiger partial charge < -0.3 is 15.1 Å². The normalized spacial score (nSPS) is 16.6. The number of amides is 3. The Labute approximate surface area is 180 Å². The summed E-state index contributed by atoms with van der Waals surface area (Å²) < 4.78 is 2.08. The first-order chi connectivity index (χ1) is 14.4. The number of likely N-dealkylation sites (tertiary alicyclic amines) is 1. The number of aryl methyl sites for hydroxylation is 2. The highest BCUT2D eigenvalue weighted by Gasteiger charge is 2.30. The lowest BCUT2D eigenvalue weighted by atomic mass is 9.96. The number of nitrogens with one attached hydrogen (secondary N) is 1. The Balaban J connectivity index is 1.40. The van der Waals surface area contributed by atoms with Gasteiger partial charge in [-0.25, -0.2) is 9.78 Å². The zero-order chi connectivity index (χ0) is 21.3. The van der Waals surface area contributed by atoms with E-state index in [9.17, 15) is 9.59 Å². The van der Waals surface area contributed by atoms with Gasteiger partial charge in [0.2, 0.25) is 5.91 Å². The number of benzene rings is 1. The van der Waals surface area contributed by atoms with Gasteiger partial charge in [0.1, 0.15) is 0 Å². The second-order valence-corrected chi connectivity index (χ2v) is 9.13. The molecule has 1 aromatic carbocycles. The second-order valence-electron chi connectivity index (χ2n) is 7.91. The molecule has 0 aliphatic carbocycles. The number of nitrogens with zero attached hydrogens (tertiary/aromatic N) is 4. The van der Waals surface area contributed by atoms with Crippen LogP contribution in [0.15, 0.2) is 36.5 Å². The molecule has 1 atom stereocenters. The van der Waals surface area contributed by atoms with E-state index in [-0.39, 0.29) is 17.9 Å². The summed E-state index contributed by atoms with van der Waals surface area (Å²) in [6.07, 6.45) is 3.70. The monoisotopic (exact) mass is 425 g/mol. The van der Waals surface area contributed by atoms with Crippen molar-refractivity contribution < 1.29 is 9.59 Å². The van der Waals surface area contributed by atoms with E-state index in [4.69, 9.17) is 0 Å². The van der Waals surface area contributed by atoms with E-state index in [1.165, 1.54) is 4.88 Å². The van der Waals surface area contributed by atoms with Gasteiger partial charge in [-0.15, -0.1) is 11.3 Å². The number of anilines is 1. The number of carbonyl (C=O) groups is 2. The van der Waals surface area contributed by atoms with E-state index in [2.05, 4.69) is 27.8 Å². The highest BCUT2D eigenvalue weighted by molar-refractivity contribution is 7.17. The molecule has 1 fully saturated rings. The van der Waals surface area contributed by atoms with Gasteiger partial charge in [-0.1, -0.05) is 18.2 Å². The summed E-state index contributed by atoms with van der Waals surface area (Å²) in [5.41, 5.74) is 2.76. The summed E-state index contributed by atoms with van der Waals surface area (Å²) in [5.74, 6) is -0.105. The highest BCUT2D eigenvalue weighted by Crippen LogP contribution is 2.24. The molecule has 1 unspecified atom stereocenters. The van der Waals surface area contributed by atoms with Crippen LogP contribution in [0.1, 0.15) is 29.1 Å². The van der Waals surface area contributed by atoms with Crippen molar-refractivity contribution in [3.05, 3.63) is 52.8 Å². The van der Waals surface area contributed by atoms with Gasteiger partial charge in [0.15, 0.2) is 4.96 Å². The summed E-state index contributed by atoms with van der Waals surface area (Å²) in [4.78, 5) is 36.1. The Kier molecular flexibility index (Phi) is 5.76. The lowest BCUT2D eigenvalue weighted by Crippen LogP contribution is -2.47. The average Bonchev–Trinajstić information content (AvgIpc) is 3.24. The van der Waals surface area contributed by atoms with E-state index in [0.717, 1.165) is 34.9 Å². The number of para-hydroxylation sites is 1. The smallest absolute Gasteiger partial charge is 0.321 e. The van der Waals surface area contributed by atoms with Crippen LogP contribution in [0.2, 0.25) is 0 Å². The third-order valence-electron chi connectivity index (χ3n) is 5.59. The summed E-state index contributed by atoms with van der Waals surface area (Å²) in [6.45, 7) is 5.67. The lowest BCUT2D eigenvalue weighted by Gasteiger charge is -2.34. The molecule has 1 saturated heterocycles. The molecule has 0 bridgehead atoms. The number of aromatic nitrogens is 2. The lowest BCUT2D eigenvalue weighted by molar-refractivity contribution is -0.136. The third-order valence-corrected chi connectivity index (χ3v) is 6.49. The van der Waals surface area contributed by atoms with Crippen molar-refractivity contribution in [3.63, 3.8) is 0 Å². The Morgan fingerprint density at radius 2 is 2.03 bits per heavy atom. The Bertz CT molecular complexity index is 1060. The fraction of sp³-hybridized carbons (Fsp3) is 0.409. The number of urea groups is 1. The van der Waals surface area contributed by atoms with Crippen molar-refractivity contribution in [1.29, 1.82) is 0 Å². The van der Waals surface area contributed by atoms with Gasteiger partial charge in [0.25, 0.3) is 0 Å². The van der Waals surface area contributed by atoms with Crippen LogP contribution >= 0.6 is 11.3 Å². The largest absolute Gasteiger partial charge is 0.340 e. The van der Waals surface area contributed by atoms with Gasteiger partial charge >= 0.3 is 6.03 Å². The number of hydrogen-bond acceptors (Lipinski definition) is 4. The van der Waals surface area contributed by atoms with Crippen LogP contribution in [-0.4, -0.2) is 51.3 Å². The molecule has 0 saturated carbocycles. The standard InChI is InChI=1S/C22H27N5O2S/c1-15-12-27-19(16(2)23-22(27)30-15)14-25(3)20(28)17-8-7-11-26(13-17)21(29)24-18-9-5-4-6-10-18/h4-6,9-10,12,17H,7-8,11,13-14H2,1-3H3,(H,24,29). The van der Waals surface area contributed by atoms with Crippen molar-refractivity contribution in [2.45, 2.75) is 33.2 Å². The van der Waals surface area contributed by atoms with Gasteiger partial charge in [-0.2, -0.15) is 0 Å². The first kappa shape index (κ1) is 20.4. The van der Waals surface area contributed by atoms with Gasteiger partial charge in [0, 0.05) is 36.9 Å². The van der Waals surface area contributed by atoms with Crippen LogP contribution in [0.25, 0.3) is 4.96 Å². The molecule has 30 heavy (non-hydrogen) atoms. The van der Waals surface area contributed by atoms with Crippen LogP contribution in [0.5, 0.6) is 0 Å². The fourth-order valence-electron chi connectivity index (χ4n) is 4.00. The molecule has 7 nitrogen and oxygen atoms in total. The topological polar surface area (TPSA) is 70.0 Å². The molecular weight excluding hydrogens is 398 g/mol. The maximum absolute atomic E-state index is 13.1. The van der Waals surface area contributed by atoms with Crippen LogP contribution in [0.4, 0.5) is 10.5 Å². The number of fused-ring (bicyclic) bond motifs is 1. The highest BCUT2D eigenvalue weighted by atomic mass is 32.1. The first-order valence-corrected chi connectivity index (χ1v) is 11.0. The summed E-state index contributed by atoms with van der Waals surface area (Å²) in [6, 6.07) is 9.25. The van der Waals surface area contributed by atoms with E-state index in [1.807, 2.05) is 44.3 Å². The SMILES string of the molecule is Cc1cn2c(CN(C)C(=O)C3CCCN(C(=O)Nc4ccccc4)C3)c(C)nc2s1. The number of carbonyl (C=O) groups excluding carboxylic acids is 2. The molecule has 158 valence electrons. The van der Waals surface area contributed by atoms with Crippen molar-refractivity contribution >= 4 is 33.9 Å². The van der Waals surface area contributed by atoms with Gasteiger partial charge in [0.05, 0.1) is 23.9 Å². The summed E-state index contributed by atoms with van der Waals surface area (Å²) in [7, 11) is 1.84. The van der Waals surface area contributed by atoms with Gasteiger partial charge in [-0.3, -0.25) is 9.20 Å². The predicted molar refractivity (Wildman–Crippen MR) is 119 cm³/mol. The van der Waals surface area contributed by atoms with Crippen LogP contribution < -0.4 is 5.32 Å². The predicted octanol–water partition coefficient (Wildman–Crippen LogP) is 3.92. The van der Waals surface area contributed by atoms with Crippen LogP contribution in [-0.2, 0) is 11.3 Å². The summed E-state index contributed by atoms with van der Waals surface area (Å²) >= 11 is 1.65. The molecule has 4 rings (SSSR count). The number of thiazole rings is 1. The van der Waals surface area contributed by atoms with Crippen molar-refractivity contribution in [2.24, 2.45) is 5.92 Å². The second kappa shape index (κ2) is 8.47. The van der Waals surface area contributed by atoms with E-state index in [0.29, 0.717) is 19.6 Å². The van der Waals surface area contributed by atoms with Gasteiger partial charge in [-0.05, 0) is 38.8 Å². The fourth-order valence-corrected chi connectivity index (χ4v) is 4.89. The summed E-state index contributed by atoms with van der Waals surface area (Å²) in [5, 5.41) is 2.92. The number of imidazole rings is 1. The van der Waals surface area contributed by atoms with Crippen molar-refractivity contribution in [3.8, 4) is 0 Å². The molecule has 3 heterocycles. The molecule has 8 heteroatoms. The molecular formula is C22H27N5O2S. The number of hydrogen-bond donors (Lipinski definition) is 1. The molecule has 0 radical (unpaired) electrons. The van der Waals surface area contributed by atoms with Crippen LogP contribution in [0.3, 0.4) is 0 Å². The minimum atomic E-state index is -0.182. The zero-order valence-electron chi connectivity index (χ0n) is 17.6. The molecule has 1 aliphatic rings. The van der Waals surface area contributed by atoms with Crippen LogP contribution in [0, 0.1) is 19.8 Å². The van der Waals surface area contributed by atoms with E-state index in [1.54, 1.807) is 21.1 Å². The maximum atomic E-state index is 13.1. The maximum Gasteiger partial charge on any atom is 0.321 e. The minimum Gasteiger partial charge on any atom is -0.340 e. The van der Waals surface area contributed by atoms with Crippen molar-refractivity contribution in [2.75, 3.05) is 25.5 Å². The number of rotatable bonds is 4. The molecule has 1 N–H and O–H groups in total. The van der Waals surface area contributed by atoms with E-state index < -0.39 is 0 Å². The van der Waals surface area contributed by atoms with E-state index >= 15 is 0 Å². The molecule has 3 amide bonds. The first-order valence-electron chi connectivity index (χ1n) is 10.2. The Hall–Kier alpha value is -2.87. The Morgan fingerprint density at radius 1 is 1.27 bits per heavy atom. The average molecular weight is 426 g/mol. The Morgan fingerprint density at radius 3 is 2.80 bits per heavy atom. The van der Waals surface area contributed by atoms with Crippen molar-refractivity contribution in [1.82, 2.24) is 19.2 Å². The molecule has 1 aliphatic heterocycles.